The monoisotopic (exact) mass is 449 g/mol. The second-order valence-corrected chi connectivity index (χ2v) is 8.02. The van der Waals surface area contributed by atoms with Gasteiger partial charge in [-0.15, -0.1) is 35.3 Å². The highest BCUT2D eigenvalue weighted by Crippen LogP contribution is 2.52. The van der Waals surface area contributed by atoms with Gasteiger partial charge in [0.25, 0.3) is 0 Å². The van der Waals surface area contributed by atoms with E-state index in [-0.39, 0.29) is 29.4 Å². The summed E-state index contributed by atoms with van der Waals surface area (Å²) in [6.07, 6.45) is 2.65. The molecular weight excluding hydrogens is 421 g/mol. The quantitative estimate of drug-likeness (QED) is 0.436. The maximum atomic E-state index is 5.88. The predicted octanol–water partition coefficient (Wildman–Crippen LogP) is 3.23. The molecule has 1 aliphatic heterocycles. The van der Waals surface area contributed by atoms with E-state index in [9.17, 15) is 0 Å². The number of ether oxygens (including phenoxy) is 1. The van der Waals surface area contributed by atoms with E-state index in [1.54, 1.807) is 0 Å². The molecule has 130 valence electrons. The molecule has 1 saturated heterocycles. The Morgan fingerprint density at radius 1 is 1.52 bits per heavy atom. The Kier molecular flexibility index (Phi) is 6.35. The summed E-state index contributed by atoms with van der Waals surface area (Å²) < 4.78 is 5.88. The molecule has 0 radical (unpaired) electrons. The van der Waals surface area contributed by atoms with Gasteiger partial charge in [-0.25, -0.2) is 0 Å². The van der Waals surface area contributed by atoms with Gasteiger partial charge in [0.2, 0.25) is 0 Å². The number of hydrogen-bond donors (Lipinski definition) is 1. The summed E-state index contributed by atoms with van der Waals surface area (Å²) in [6.45, 7) is 6.49. The molecule has 2 fully saturated rings. The van der Waals surface area contributed by atoms with E-state index < -0.39 is 0 Å². The first-order valence-corrected chi connectivity index (χ1v) is 9.00. The van der Waals surface area contributed by atoms with E-state index in [0.717, 1.165) is 25.5 Å². The highest BCUT2D eigenvalue weighted by molar-refractivity contribution is 14.0. The number of halogens is 1. The first-order valence-electron chi connectivity index (χ1n) is 8.12. The van der Waals surface area contributed by atoms with Gasteiger partial charge in [0.1, 0.15) is 0 Å². The Hall–Kier alpha value is -0.340. The van der Waals surface area contributed by atoms with E-state index in [2.05, 4.69) is 53.6 Å². The molecule has 4 nitrogen and oxygen atoms in total. The van der Waals surface area contributed by atoms with Crippen molar-refractivity contribution in [3.05, 3.63) is 22.4 Å². The SMILES string of the molecule is CN=C(NC1C2CCOC2C1(C)C)N(C)CCc1cccs1.I. The zero-order chi connectivity index (χ0) is 15.7. The summed E-state index contributed by atoms with van der Waals surface area (Å²) in [5.74, 6) is 1.64. The third-order valence-corrected chi connectivity index (χ3v) is 6.17. The lowest BCUT2D eigenvalue weighted by molar-refractivity contribution is -0.107. The summed E-state index contributed by atoms with van der Waals surface area (Å²) in [4.78, 5) is 8.14. The smallest absolute Gasteiger partial charge is 0.193 e. The molecule has 2 heterocycles. The fourth-order valence-electron chi connectivity index (χ4n) is 3.94. The Morgan fingerprint density at radius 3 is 2.96 bits per heavy atom. The Balaban J connectivity index is 0.00000192. The molecule has 23 heavy (non-hydrogen) atoms. The van der Waals surface area contributed by atoms with Gasteiger partial charge in [0.15, 0.2) is 5.96 Å². The molecule has 1 aliphatic carbocycles. The van der Waals surface area contributed by atoms with Gasteiger partial charge in [-0.1, -0.05) is 19.9 Å². The Bertz CT molecular complexity index is 532. The molecule has 1 aromatic heterocycles. The minimum Gasteiger partial charge on any atom is -0.377 e. The van der Waals surface area contributed by atoms with Gasteiger partial charge < -0.3 is 15.0 Å². The van der Waals surface area contributed by atoms with Gasteiger partial charge in [0.05, 0.1) is 6.10 Å². The lowest BCUT2D eigenvalue weighted by Gasteiger charge is -2.55. The minimum atomic E-state index is 0. The van der Waals surface area contributed by atoms with Crippen LogP contribution in [0.3, 0.4) is 0 Å². The van der Waals surface area contributed by atoms with Crippen molar-refractivity contribution in [1.82, 2.24) is 10.2 Å². The summed E-state index contributed by atoms with van der Waals surface area (Å²) in [7, 11) is 4.00. The number of hydrogen-bond acceptors (Lipinski definition) is 3. The largest absolute Gasteiger partial charge is 0.377 e. The molecule has 0 spiro atoms. The van der Waals surface area contributed by atoms with Crippen LogP contribution in [0.5, 0.6) is 0 Å². The molecule has 3 rings (SSSR count). The van der Waals surface area contributed by atoms with Gasteiger partial charge in [-0.2, -0.15) is 0 Å². The number of likely N-dealkylation sites (N-methyl/N-ethyl adjacent to an activating group) is 1. The van der Waals surface area contributed by atoms with Crippen LogP contribution in [0.1, 0.15) is 25.1 Å². The van der Waals surface area contributed by atoms with Crippen LogP contribution in [0.2, 0.25) is 0 Å². The number of fused-ring (bicyclic) bond motifs is 1. The van der Waals surface area contributed by atoms with E-state index in [4.69, 9.17) is 4.74 Å². The van der Waals surface area contributed by atoms with Gasteiger partial charge in [0, 0.05) is 49.5 Å². The highest BCUT2D eigenvalue weighted by atomic mass is 127. The summed E-state index contributed by atoms with van der Waals surface area (Å²) in [5, 5.41) is 5.83. The van der Waals surface area contributed by atoms with E-state index >= 15 is 0 Å². The average Bonchev–Trinajstić information content (AvgIpc) is 3.16. The van der Waals surface area contributed by atoms with Crippen LogP contribution in [-0.4, -0.2) is 50.3 Å². The lowest BCUT2D eigenvalue weighted by Crippen LogP contribution is -2.68. The van der Waals surface area contributed by atoms with Crippen LogP contribution in [0, 0.1) is 11.3 Å². The standard InChI is InChI=1S/C17H27N3OS.HI/c1-17(2)14(13-8-10-21-15(13)17)19-16(18-3)20(4)9-7-12-6-5-11-22-12;/h5-6,11,13-15H,7-10H2,1-4H3,(H,18,19);1H. The maximum absolute atomic E-state index is 5.88. The van der Waals surface area contributed by atoms with Crippen molar-refractivity contribution >= 4 is 41.3 Å². The van der Waals surface area contributed by atoms with Crippen molar-refractivity contribution in [3.63, 3.8) is 0 Å². The summed E-state index contributed by atoms with van der Waals surface area (Å²) >= 11 is 1.82. The third-order valence-electron chi connectivity index (χ3n) is 5.23. The van der Waals surface area contributed by atoms with Crippen LogP contribution >= 0.6 is 35.3 Å². The molecule has 2 aliphatic rings. The first-order chi connectivity index (χ1) is 10.5. The van der Waals surface area contributed by atoms with Crippen molar-refractivity contribution in [1.29, 1.82) is 0 Å². The topological polar surface area (TPSA) is 36.9 Å². The van der Waals surface area contributed by atoms with Crippen LogP contribution < -0.4 is 5.32 Å². The predicted molar refractivity (Wildman–Crippen MR) is 108 cm³/mol. The van der Waals surface area contributed by atoms with Crippen LogP contribution in [0.4, 0.5) is 0 Å². The van der Waals surface area contributed by atoms with Crippen LogP contribution in [-0.2, 0) is 11.2 Å². The van der Waals surface area contributed by atoms with Crippen molar-refractivity contribution in [3.8, 4) is 0 Å². The number of guanidine groups is 1. The van der Waals surface area contributed by atoms with E-state index in [1.165, 1.54) is 11.3 Å². The van der Waals surface area contributed by atoms with Crippen molar-refractivity contribution in [2.24, 2.45) is 16.3 Å². The molecule has 6 heteroatoms. The molecule has 1 aromatic rings. The molecule has 3 atom stereocenters. The number of nitrogens with zero attached hydrogens (tertiary/aromatic N) is 2. The molecule has 0 amide bonds. The fraction of sp³-hybridized carbons (Fsp3) is 0.706. The third kappa shape index (κ3) is 3.69. The molecule has 1 N–H and O–H groups in total. The van der Waals surface area contributed by atoms with Crippen molar-refractivity contribution in [2.75, 3.05) is 27.2 Å². The molecule has 0 bridgehead atoms. The molecule has 0 aromatic carbocycles. The van der Waals surface area contributed by atoms with Gasteiger partial charge in [-0.05, 0) is 24.3 Å². The molecule has 3 unspecified atom stereocenters. The van der Waals surface area contributed by atoms with Gasteiger partial charge in [-0.3, -0.25) is 4.99 Å². The van der Waals surface area contributed by atoms with Crippen LogP contribution in [0.25, 0.3) is 0 Å². The first kappa shape index (κ1) is 19.0. The van der Waals surface area contributed by atoms with Crippen molar-refractivity contribution in [2.45, 2.75) is 38.8 Å². The van der Waals surface area contributed by atoms with Crippen LogP contribution in [0.15, 0.2) is 22.5 Å². The number of thiophene rings is 1. The van der Waals surface area contributed by atoms with Crippen molar-refractivity contribution < 1.29 is 4.74 Å². The Morgan fingerprint density at radius 2 is 2.30 bits per heavy atom. The number of nitrogens with one attached hydrogen (secondary N) is 1. The Labute approximate surface area is 160 Å². The zero-order valence-electron chi connectivity index (χ0n) is 14.4. The number of aliphatic imine (C=N–C) groups is 1. The van der Waals surface area contributed by atoms with Gasteiger partial charge >= 0.3 is 0 Å². The second kappa shape index (κ2) is 7.70. The second-order valence-electron chi connectivity index (χ2n) is 6.99. The lowest BCUT2D eigenvalue weighted by atomic mass is 9.57. The zero-order valence-corrected chi connectivity index (χ0v) is 17.6. The summed E-state index contributed by atoms with van der Waals surface area (Å²) in [6, 6.07) is 4.77. The fourth-order valence-corrected chi connectivity index (χ4v) is 4.64. The van der Waals surface area contributed by atoms with E-state index in [1.807, 2.05) is 18.4 Å². The highest BCUT2D eigenvalue weighted by Gasteiger charge is 2.59. The molecular formula is C17H28IN3OS. The van der Waals surface area contributed by atoms with E-state index in [0.29, 0.717) is 18.1 Å². The normalized spacial score (nSPS) is 28.5. The average molecular weight is 449 g/mol. The molecule has 1 saturated carbocycles. The summed E-state index contributed by atoms with van der Waals surface area (Å²) in [5.41, 5.74) is 0.186. The number of rotatable bonds is 4. The minimum absolute atomic E-state index is 0. The maximum Gasteiger partial charge on any atom is 0.193 e.